The van der Waals surface area contributed by atoms with E-state index in [-0.39, 0.29) is 22.3 Å². The molecule has 1 N–H and O–H groups in total. The summed E-state index contributed by atoms with van der Waals surface area (Å²) in [5, 5.41) is 20.1. The standard InChI is InChI=1S/C34H25BrFN3O4S2/c1-20-7-2-3-8-23(20)18-43-26-15-13-21(14-16-26)30(40)28-29(22-10-6-11-25(35)17-22)39(32(42)31(28)41)33-37-38-34(45-33)44-19-24-9-4-5-12-27(24)36/h2-17,29,40H,18-19H2,1H3/b30-28+. The van der Waals surface area contributed by atoms with Crippen molar-refractivity contribution in [3.8, 4) is 5.75 Å². The molecule has 1 saturated heterocycles. The summed E-state index contributed by atoms with van der Waals surface area (Å²) in [6.07, 6.45) is 0. The van der Waals surface area contributed by atoms with Gasteiger partial charge >= 0.3 is 5.91 Å². The van der Waals surface area contributed by atoms with Gasteiger partial charge in [-0.1, -0.05) is 93.6 Å². The highest BCUT2D eigenvalue weighted by Gasteiger charge is 2.48. The number of aryl methyl sites for hydroxylation is 1. The summed E-state index contributed by atoms with van der Waals surface area (Å²) in [6.45, 7) is 2.40. The van der Waals surface area contributed by atoms with E-state index in [9.17, 15) is 19.1 Å². The number of aliphatic hydroxyl groups excluding tert-OH is 1. The number of rotatable bonds is 9. The van der Waals surface area contributed by atoms with Gasteiger partial charge in [-0.15, -0.1) is 10.2 Å². The third-order valence-electron chi connectivity index (χ3n) is 7.30. The lowest BCUT2D eigenvalue weighted by Gasteiger charge is -2.22. The van der Waals surface area contributed by atoms with Gasteiger partial charge in [0.15, 0.2) is 4.34 Å². The van der Waals surface area contributed by atoms with Crippen molar-refractivity contribution in [1.82, 2.24) is 10.2 Å². The first-order valence-electron chi connectivity index (χ1n) is 13.8. The number of Topliss-reactive ketones (excluding diaryl/α,β-unsaturated/α-hetero) is 1. The van der Waals surface area contributed by atoms with E-state index in [0.29, 0.717) is 39.1 Å². The molecule has 1 aliphatic rings. The van der Waals surface area contributed by atoms with Crippen LogP contribution >= 0.6 is 39.0 Å². The molecule has 0 radical (unpaired) electrons. The minimum absolute atomic E-state index is 0.0672. The van der Waals surface area contributed by atoms with Crippen molar-refractivity contribution in [2.24, 2.45) is 0 Å². The van der Waals surface area contributed by atoms with Crippen LogP contribution in [0, 0.1) is 12.7 Å². The minimum atomic E-state index is -0.961. The topological polar surface area (TPSA) is 92.6 Å². The monoisotopic (exact) mass is 701 g/mol. The van der Waals surface area contributed by atoms with Crippen LogP contribution in [0.1, 0.15) is 33.9 Å². The second kappa shape index (κ2) is 13.4. The summed E-state index contributed by atoms with van der Waals surface area (Å²) in [4.78, 5) is 28.4. The molecule has 1 aromatic heterocycles. The SMILES string of the molecule is Cc1ccccc1COc1ccc(/C(O)=C2\C(=O)C(=O)N(c3nnc(SCc4ccccc4F)s3)C2c2cccc(Br)c2)cc1. The van der Waals surface area contributed by atoms with Crippen LogP contribution in [0.25, 0.3) is 5.76 Å². The zero-order valence-electron chi connectivity index (χ0n) is 23.8. The lowest BCUT2D eigenvalue weighted by Crippen LogP contribution is -2.29. The van der Waals surface area contributed by atoms with Gasteiger partial charge in [-0.05, 0) is 71.6 Å². The van der Waals surface area contributed by atoms with Gasteiger partial charge in [0.1, 0.15) is 23.9 Å². The summed E-state index contributed by atoms with van der Waals surface area (Å²) in [7, 11) is 0. The lowest BCUT2D eigenvalue weighted by atomic mass is 9.95. The normalized spacial score (nSPS) is 15.9. The molecule has 226 valence electrons. The van der Waals surface area contributed by atoms with Gasteiger partial charge in [0, 0.05) is 15.8 Å². The summed E-state index contributed by atoms with van der Waals surface area (Å²) in [5.41, 5.74) is 3.58. The van der Waals surface area contributed by atoms with E-state index in [0.717, 1.165) is 26.9 Å². The fourth-order valence-electron chi connectivity index (χ4n) is 4.93. The van der Waals surface area contributed by atoms with Crippen LogP contribution in [0.5, 0.6) is 5.75 Å². The summed E-state index contributed by atoms with van der Waals surface area (Å²) in [5.74, 6) is -1.40. The number of thioether (sulfide) groups is 1. The Balaban J connectivity index is 1.31. The van der Waals surface area contributed by atoms with E-state index >= 15 is 0 Å². The first kappa shape index (κ1) is 30.7. The Bertz CT molecular complexity index is 1930. The van der Waals surface area contributed by atoms with Gasteiger partial charge in [-0.25, -0.2) is 4.39 Å². The lowest BCUT2D eigenvalue weighted by molar-refractivity contribution is -0.132. The van der Waals surface area contributed by atoms with Crippen molar-refractivity contribution in [2.45, 2.75) is 29.7 Å². The summed E-state index contributed by atoms with van der Waals surface area (Å²) in [6, 6.07) is 27.3. The molecule has 1 unspecified atom stereocenters. The van der Waals surface area contributed by atoms with Crippen molar-refractivity contribution in [1.29, 1.82) is 0 Å². The van der Waals surface area contributed by atoms with Crippen LogP contribution in [0.4, 0.5) is 9.52 Å². The Labute approximate surface area is 275 Å². The fourth-order valence-corrected chi connectivity index (χ4v) is 7.20. The van der Waals surface area contributed by atoms with Gasteiger partial charge in [0.25, 0.3) is 5.78 Å². The van der Waals surface area contributed by atoms with Crippen molar-refractivity contribution in [2.75, 3.05) is 4.90 Å². The predicted molar refractivity (Wildman–Crippen MR) is 177 cm³/mol. The molecule has 1 atom stereocenters. The van der Waals surface area contributed by atoms with Crippen LogP contribution < -0.4 is 9.64 Å². The largest absolute Gasteiger partial charge is 0.507 e. The predicted octanol–water partition coefficient (Wildman–Crippen LogP) is 8.25. The number of ketones is 1. The van der Waals surface area contributed by atoms with Gasteiger partial charge < -0.3 is 9.84 Å². The number of anilines is 1. The number of amides is 1. The molecular weight excluding hydrogens is 677 g/mol. The van der Waals surface area contributed by atoms with Crippen molar-refractivity contribution >= 4 is 61.6 Å². The smallest absolute Gasteiger partial charge is 0.301 e. The Kier molecular flexibility index (Phi) is 9.11. The maximum Gasteiger partial charge on any atom is 0.301 e. The second-order valence-corrected chi connectivity index (χ2v) is 13.3. The first-order chi connectivity index (χ1) is 21.8. The number of ether oxygens (including phenoxy) is 1. The fraction of sp³-hybridized carbons (Fsp3) is 0.118. The Hall–Kier alpha value is -4.32. The molecule has 4 aromatic carbocycles. The molecule has 0 aliphatic carbocycles. The number of benzene rings is 4. The maximum absolute atomic E-state index is 14.1. The minimum Gasteiger partial charge on any atom is -0.507 e. The van der Waals surface area contributed by atoms with E-state index in [2.05, 4.69) is 26.1 Å². The molecule has 7 nitrogen and oxygen atoms in total. The van der Waals surface area contributed by atoms with E-state index in [1.165, 1.54) is 22.7 Å². The van der Waals surface area contributed by atoms with Crippen LogP contribution in [-0.2, 0) is 21.9 Å². The van der Waals surface area contributed by atoms with Crippen LogP contribution in [0.15, 0.2) is 111 Å². The number of hydrogen-bond acceptors (Lipinski definition) is 8. The van der Waals surface area contributed by atoms with E-state index in [4.69, 9.17) is 4.74 Å². The van der Waals surface area contributed by atoms with Gasteiger partial charge in [0.2, 0.25) is 5.13 Å². The van der Waals surface area contributed by atoms with Crippen molar-refractivity contribution in [3.05, 3.63) is 141 Å². The summed E-state index contributed by atoms with van der Waals surface area (Å²) >= 11 is 5.87. The molecule has 0 bridgehead atoms. The van der Waals surface area contributed by atoms with E-state index in [1.54, 1.807) is 60.7 Å². The van der Waals surface area contributed by atoms with Crippen LogP contribution in [0.3, 0.4) is 0 Å². The molecule has 0 spiro atoms. The van der Waals surface area contributed by atoms with Gasteiger partial charge in [-0.2, -0.15) is 0 Å². The molecule has 1 fully saturated rings. The Morgan fingerprint density at radius 1 is 0.978 bits per heavy atom. The van der Waals surface area contributed by atoms with Crippen molar-refractivity contribution < 1.29 is 23.8 Å². The quantitative estimate of drug-likeness (QED) is 0.0544. The third-order valence-corrected chi connectivity index (χ3v) is 9.90. The summed E-state index contributed by atoms with van der Waals surface area (Å²) < 4.78 is 21.3. The van der Waals surface area contributed by atoms with Crippen LogP contribution in [0.2, 0.25) is 0 Å². The molecule has 5 aromatic rings. The number of halogens is 2. The average Bonchev–Trinajstić information content (AvgIpc) is 3.62. The Morgan fingerprint density at radius 3 is 2.44 bits per heavy atom. The number of nitrogens with zero attached hydrogens (tertiary/aromatic N) is 3. The highest BCUT2D eigenvalue weighted by molar-refractivity contribution is 9.10. The van der Waals surface area contributed by atoms with Gasteiger partial charge in [0.05, 0.1) is 11.6 Å². The van der Waals surface area contributed by atoms with E-state index < -0.39 is 17.7 Å². The molecule has 6 rings (SSSR count). The molecule has 45 heavy (non-hydrogen) atoms. The molecule has 11 heteroatoms. The van der Waals surface area contributed by atoms with Gasteiger partial charge in [-0.3, -0.25) is 14.5 Å². The van der Waals surface area contributed by atoms with Crippen molar-refractivity contribution in [3.63, 3.8) is 0 Å². The molecule has 2 heterocycles. The number of aliphatic hydroxyl groups is 1. The third kappa shape index (κ3) is 6.56. The number of aromatic nitrogens is 2. The highest BCUT2D eigenvalue weighted by Crippen LogP contribution is 2.44. The molecule has 1 amide bonds. The number of carbonyl (C=O) groups is 2. The van der Waals surface area contributed by atoms with E-state index in [1.807, 2.05) is 37.3 Å². The number of hydrogen-bond donors (Lipinski definition) is 1. The van der Waals surface area contributed by atoms with Crippen LogP contribution in [-0.4, -0.2) is 27.0 Å². The average molecular weight is 703 g/mol. The number of carbonyl (C=O) groups excluding carboxylic acids is 2. The zero-order chi connectivity index (χ0) is 31.5. The Morgan fingerprint density at radius 2 is 1.71 bits per heavy atom. The molecule has 1 aliphatic heterocycles. The highest BCUT2D eigenvalue weighted by atomic mass is 79.9. The second-order valence-electron chi connectivity index (χ2n) is 10.2. The molecular formula is C34H25BrFN3O4S2. The first-order valence-corrected chi connectivity index (χ1v) is 16.4. The molecule has 0 saturated carbocycles. The maximum atomic E-state index is 14.1. The zero-order valence-corrected chi connectivity index (χ0v) is 27.0.